The SMILES string of the molecule is c1ccc(-n2c3ccccc3c3c(S(c4ccccc4)(c4ccccc4)c4ccc(-n5c6ccccc6c6c7c(ccc65)sc5ccccc57)cc4)cccc32)cc1. The fourth-order valence-corrected chi connectivity index (χ4v) is 14.7. The largest absolute Gasteiger partial charge is 0.309 e. The molecule has 0 atom stereocenters. The molecule has 0 aliphatic rings. The van der Waals surface area contributed by atoms with Crippen LogP contribution < -0.4 is 0 Å². The third-order valence-corrected chi connectivity index (χ3v) is 16.9. The minimum Gasteiger partial charge on any atom is -0.309 e. The average molecular weight is 777 g/mol. The van der Waals surface area contributed by atoms with E-state index in [2.05, 4.69) is 228 Å². The maximum Gasteiger partial charge on any atom is 0.0552 e. The number of fused-ring (bicyclic) bond motifs is 10. The maximum absolute atomic E-state index is 2.47. The number of hydrogen-bond acceptors (Lipinski definition) is 1. The fourth-order valence-electron chi connectivity index (χ4n) is 9.49. The van der Waals surface area contributed by atoms with Crippen LogP contribution in [0.15, 0.2) is 238 Å². The molecule has 0 aliphatic carbocycles. The van der Waals surface area contributed by atoms with Gasteiger partial charge in [0.15, 0.2) is 0 Å². The highest BCUT2D eigenvalue weighted by molar-refractivity contribution is 8.34. The van der Waals surface area contributed by atoms with E-state index >= 15 is 0 Å². The van der Waals surface area contributed by atoms with E-state index in [1.54, 1.807) is 0 Å². The van der Waals surface area contributed by atoms with Crippen molar-refractivity contribution >= 4 is 85.1 Å². The van der Waals surface area contributed by atoms with E-state index in [9.17, 15) is 0 Å². The van der Waals surface area contributed by atoms with Gasteiger partial charge in [-0.1, -0.05) is 115 Å². The van der Waals surface area contributed by atoms with E-state index in [4.69, 9.17) is 0 Å². The lowest BCUT2D eigenvalue weighted by Gasteiger charge is -2.42. The third-order valence-electron chi connectivity index (χ3n) is 11.8. The molecule has 0 bridgehead atoms. The summed E-state index contributed by atoms with van der Waals surface area (Å²) >= 11 is 1.88. The van der Waals surface area contributed by atoms with Gasteiger partial charge in [-0.15, -0.1) is 21.4 Å². The van der Waals surface area contributed by atoms with Crippen LogP contribution in [0.1, 0.15) is 0 Å². The number of para-hydroxylation sites is 3. The first-order valence-corrected chi connectivity index (χ1v) is 22.2. The number of rotatable bonds is 6. The fraction of sp³-hybridized carbons (Fsp3) is 0. The smallest absolute Gasteiger partial charge is 0.0552 e. The van der Waals surface area contributed by atoms with Crippen LogP contribution in [-0.4, -0.2) is 9.13 Å². The summed E-state index contributed by atoms with van der Waals surface area (Å²) in [6.45, 7) is 0. The highest BCUT2D eigenvalue weighted by Crippen LogP contribution is 2.75. The first-order valence-electron chi connectivity index (χ1n) is 19.8. The van der Waals surface area contributed by atoms with E-state index in [-0.39, 0.29) is 0 Å². The molecule has 274 valence electrons. The Morgan fingerprint density at radius 1 is 0.293 bits per heavy atom. The summed E-state index contributed by atoms with van der Waals surface area (Å²) in [4.78, 5) is 5.25. The molecule has 58 heavy (non-hydrogen) atoms. The van der Waals surface area contributed by atoms with E-state index in [1.807, 2.05) is 11.3 Å². The van der Waals surface area contributed by atoms with Crippen molar-refractivity contribution in [2.45, 2.75) is 19.6 Å². The van der Waals surface area contributed by atoms with Crippen molar-refractivity contribution in [1.82, 2.24) is 9.13 Å². The second-order valence-corrected chi connectivity index (χ2v) is 19.0. The van der Waals surface area contributed by atoms with Crippen LogP contribution in [0.5, 0.6) is 0 Å². The molecule has 0 amide bonds. The van der Waals surface area contributed by atoms with Crippen molar-refractivity contribution in [3.8, 4) is 11.4 Å². The maximum atomic E-state index is 2.47. The van der Waals surface area contributed by atoms with Crippen molar-refractivity contribution in [2.24, 2.45) is 0 Å². The standard InChI is InChI=1S/C54H36N2S2/c1-4-17-37(18-5-1)55-45-26-13-10-23-42(45)52-47(55)28-16-30-51(52)58(39-19-6-2-7-20-39,40-21-8-3-9-22-40)41-33-31-38(32-34-41)56-46-27-14-11-24-43(46)53-48(56)35-36-50-54(53)44-25-12-15-29-49(44)57-50/h1-36H. The van der Waals surface area contributed by atoms with Crippen LogP contribution in [0.2, 0.25) is 0 Å². The molecule has 2 nitrogen and oxygen atoms in total. The zero-order valence-corrected chi connectivity index (χ0v) is 33.1. The Morgan fingerprint density at radius 2 is 0.776 bits per heavy atom. The molecule has 0 saturated heterocycles. The molecule has 0 radical (unpaired) electrons. The van der Waals surface area contributed by atoms with E-state index in [1.165, 1.54) is 83.4 Å². The molecule has 0 saturated carbocycles. The minimum absolute atomic E-state index is 1.15. The van der Waals surface area contributed by atoms with Gasteiger partial charge >= 0.3 is 0 Å². The Hall–Kier alpha value is -6.85. The molecule has 3 heterocycles. The number of thiophene rings is 1. The second-order valence-electron chi connectivity index (χ2n) is 14.9. The summed E-state index contributed by atoms with van der Waals surface area (Å²) in [5.74, 6) is 0. The summed E-state index contributed by atoms with van der Waals surface area (Å²) in [6.07, 6.45) is 0. The van der Waals surface area contributed by atoms with Gasteiger partial charge in [-0.25, -0.2) is 0 Å². The third kappa shape index (κ3) is 4.73. The van der Waals surface area contributed by atoms with E-state index in [0.29, 0.717) is 0 Å². The number of aromatic nitrogens is 2. The van der Waals surface area contributed by atoms with Gasteiger partial charge in [0.05, 0.1) is 22.1 Å². The lowest BCUT2D eigenvalue weighted by Crippen LogP contribution is -2.06. The molecular weight excluding hydrogens is 741 g/mol. The predicted octanol–water partition coefficient (Wildman–Crippen LogP) is 15.6. The van der Waals surface area contributed by atoms with Crippen LogP contribution in [0.25, 0.3) is 75.2 Å². The van der Waals surface area contributed by atoms with Crippen LogP contribution in [0, 0.1) is 0 Å². The average Bonchev–Trinajstić information content (AvgIpc) is 3.96. The minimum atomic E-state index is -2.04. The van der Waals surface area contributed by atoms with Crippen LogP contribution in [-0.2, 0) is 0 Å². The van der Waals surface area contributed by atoms with E-state index in [0.717, 1.165) is 11.4 Å². The zero-order valence-electron chi connectivity index (χ0n) is 31.5. The molecule has 9 aromatic carbocycles. The highest BCUT2D eigenvalue weighted by atomic mass is 32.3. The van der Waals surface area contributed by atoms with Crippen molar-refractivity contribution in [1.29, 1.82) is 0 Å². The molecule has 0 unspecified atom stereocenters. The first kappa shape index (κ1) is 33.3. The summed E-state index contributed by atoms with van der Waals surface area (Å²) in [5, 5.41) is 7.84. The summed E-state index contributed by atoms with van der Waals surface area (Å²) < 4.78 is 7.56. The summed E-state index contributed by atoms with van der Waals surface area (Å²) in [5.41, 5.74) is 7.18. The normalized spacial score (nSPS) is 12.4. The molecule has 3 aromatic heterocycles. The molecule has 4 heteroatoms. The Labute approximate surface area is 341 Å². The second kappa shape index (κ2) is 13.1. The van der Waals surface area contributed by atoms with E-state index < -0.39 is 10.0 Å². The summed E-state index contributed by atoms with van der Waals surface area (Å²) in [6, 6.07) is 81.1. The molecule has 12 rings (SSSR count). The van der Waals surface area contributed by atoms with Crippen LogP contribution in [0.4, 0.5) is 0 Å². The van der Waals surface area contributed by atoms with Gasteiger partial charge in [0.1, 0.15) is 0 Å². The van der Waals surface area contributed by atoms with Gasteiger partial charge in [0.2, 0.25) is 0 Å². The Morgan fingerprint density at radius 3 is 1.43 bits per heavy atom. The zero-order chi connectivity index (χ0) is 38.2. The Kier molecular flexibility index (Phi) is 7.52. The number of benzene rings is 9. The van der Waals surface area contributed by atoms with Gasteiger partial charge < -0.3 is 9.13 Å². The van der Waals surface area contributed by atoms with Crippen molar-refractivity contribution < 1.29 is 0 Å². The monoisotopic (exact) mass is 776 g/mol. The quantitative estimate of drug-likeness (QED) is 0.159. The van der Waals surface area contributed by atoms with Crippen LogP contribution in [0.3, 0.4) is 0 Å². The molecule has 0 fully saturated rings. The Bertz CT molecular complexity index is 3450. The number of nitrogens with zero attached hydrogens (tertiary/aromatic N) is 2. The van der Waals surface area contributed by atoms with Crippen LogP contribution >= 0.6 is 21.4 Å². The van der Waals surface area contributed by atoms with Gasteiger partial charge in [-0.05, 0) is 103 Å². The summed E-state index contributed by atoms with van der Waals surface area (Å²) in [7, 11) is -2.04. The lowest BCUT2D eigenvalue weighted by molar-refractivity contribution is 1.16. The van der Waals surface area contributed by atoms with Crippen molar-refractivity contribution in [2.75, 3.05) is 0 Å². The van der Waals surface area contributed by atoms with Gasteiger partial charge in [-0.3, -0.25) is 0 Å². The molecule has 0 spiro atoms. The predicted molar refractivity (Wildman–Crippen MR) is 248 cm³/mol. The lowest BCUT2D eigenvalue weighted by atomic mass is 10.1. The Balaban J connectivity index is 1.16. The van der Waals surface area contributed by atoms with Gasteiger partial charge in [-0.2, -0.15) is 0 Å². The number of hydrogen-bond donors (Lipinski definition) is 0. The highest BCUT2D eigenvalue weighted by Gasteiger charge is 2.36. The topological polar surface area (TPSA) is 9.86 Å². The molecule has 12 aromatic rings. The van der Waals surface area contributed by atoms with Crippen molar-refractivity contribution in [3.63, 3.8) is 0 Å². The first-order chi connectivity index (χ1) is 28.8. The molecular formula is C54H36N2S2. The molecule has 0 aliphatic heterocycles. The van der Waals surface area contributed by atoms with Crippen molar-refractivity contribution in [3.05, 3.63) is 218 Å². The van der Waals surface area contributed by atoms with Gasteiger partial charge in [0, 0.05) is 72.7 Å². The molecule has 0 N–H and O–H groups in total. The van der Waals surface area contributed by atoms with Gasteiger partial charge in [0.25, 0.3) is 0 Å².